The standard InChI is InChI=1S/C28H32N4O2S/c1-21(2)32(22-12-5-3-6-13-22)27(33)20-31-24-15-9-8-14-23(24)30-26(31)17-7-4-10-18-29-28(34)25-16-11-19-35-25/h3,5-6,8-9,11-16,19,21H,4,7,10,17-18,20H2,1-2H3,(H,29,34). The van der Waals surface area contributed by atoms with E-state index >= 15 is 0 Å². The number of hydrogen-bond donors (Lipinski definition) is 1. The molecule has 2 aromatic carbocycles. The summed E-state index contributed by atoms with van der Waals surface area (Å²) in [6.07, 6.45) is 3.61. The quantitative estimate of drug-likeness (QED) is 0.276. The van der Waals surface area contributed by atoms with Gasteiger partial charge in [0.1, 0.15) is 12.4 Å². The molecule has 0 saturated heterocycles. The molecule has 2 amide bonds. The number of rotatable bonds is 11. The van der Waals surface area contributed by atoms with Crippen molar-refractivity contribution in [3.63, 3.8) is 0 Å². The lowest BCUT2D eigenvalue weighted by Gasteiger charge is -2.27. The van der Waals surface area contributed by atoms with Gasteiger partial charge in [-0.3, -0.25) is 9.59 Å². The predicted molar refractivity (Wildman–Crippen MR) is 143 cm³/mol. The zero-order valence-corrected chi connectivity index (χ0v) is 21.1. The molecule has 2 aromatic heterocycles. The van der Waals surface area contributed by atoms with Crippen LogP contribution in [0.1, 0.15) is 48.6 Å². The molecule has 35 heavy (non-hydrogen) atoms. The van der Waals surface area contributed by atoms with Crippen LogP contribution in [0.15, 0.2) is 72.1 Å². The van der Waals surface area contributed by atoms with Gasteiger partial charge < -0.3 is 14.8 Å². The number of benzene rings is 2. The summed E-state index contributed by atoms with van der Waals surface area (Å²) < 4.78 is 2.06. The number of aryl methyl sites for hydroxylation is 1. The maximum atomic E-state index is 13.5. The third kappa shape index (κ3) is 6.17. The Balaban J connectivity index is 1.39. The van der Waals surface area contributed by atoms with Crippen LogP contribution in [-0.4, -0.2) is 34.0 Å². The monoisotopic (exact) mass is 488 g/mol. The van der Waals surface area contributed by atoms with E-state index in [2.05, 4.69) is 9.88 Å². The molecule has 0 bridgehead atoms. The maximum absolute atomic E-state index is 13.5. The van der Waals surface area contributed by atoms with Gasteiger partial charge in [0, 0.05) is 24.7 Å². The van der Waals surface area contributed by atoms with Crippen LogP contribution in [0.2, 0.25) is 0 Å². The molecule has 0 unspecified atom stereocenters. The van der Waals surface area contributed by atoms with Gasteiger partial charge in [-0.15, -0.1) is 11.3 Å². The molecule has 7 heteroatoms. The topological polar surface area (TPSA) is 67.2 Å². The Hall–Kier alpha value is -3.45. The van der Waals surface area contributed by atoms with Gasteiger partial charge in [-0.1, -0.05) is 42.8 Å². The van der Waals surface area contributed by atoms with Gasteiger partial charge in [0.25, 0.3) is 5.91 Å². The van der Waals surface area contributed by atoms with E-state index in [1.807, 2.05) is 90.9 Å². The fourth-order valence-corrected chi connectivity index (χ4v) is 4.94. The Morgan fingerprint density at radius 2 is 1.74 bits per heavy atom. The first-order valence-electron chi connectivity index (χ1n) is 12.2. The number of carbonyl (C=O) groups excluding carboxylic acids is 2. The van der Waals surface area contributed by atoms with E-state index in [9.17, 15) is 9.59 Å². The molecule has 4 aromatic rings. The number of amides is 2. The summed E-state index contributed by atoms with van der Waals surface area (Å²) in [5.41, 5.74) is 2.80. The minimum absolute atomic E-state index is 0.00609. The minimum atomic E-state index is -0.00609. The molecular formula is C28H32N4O2S. The van der Waals surface area contributed by atoms with Crippen molar-refractivity contribution in [2.24, 2.45) is 0 Å². The smallest absolute Gasteiger partial charge is 0.261 e. The van der Waals surface area contributed by atoms with Crippen molar-refractivity contribution in [2.75, 3.05) is 11.4 Å². The van der Waals surface area contributed by atoms with Gasteiger partial charge in [0.15, 0.2) is 0 Å². The number of carbonyl (C=O) groups is 2. The Kier molecular flexibility index (Phi) is 8.32. The molecule has 0 aliphatic rings. The molecule has 0 radical (unpaired) electrons. The summed E-state index contributed by atoms with van der Waals surface area (Å²) in [5.74, 6) is 0.972. The number of anilines is 1. The number of aromatic nitrogens is 2. The predicted octanol–water partition coefficient (Wildman–Crippen LogP) is 5.68. The SMILES string of the molecule is CC(C)N(C(=O)Cn1c(CCCCCNC(=O)c2cccs2)nc2ccccc21)c1ccccc1. The first-order valence-corrected chi connectivity index (χ1v) is 13.1. The fourth-order valence-electron chi connectivity index (χ4n) is 4.30. The second-order valence-corrected chi connectivity index (χ2v) is 9.79. The molecule has 2 heterocycles. The van der Waals surface area contributed by atoms with Crippen LogP contribution in [0.25, 0.3) is 11.0 Å². The van der Waals surface area contributed by atoms with Crippen LogP contribution in [0.5, 0.6) is 0 Å². The highest BCUT2D eigenvalue weighted by Crippen LogP contribution is 2.21. The van der Waals surface area contributed by atoms with E-state index < -0.39 is 0 Å². The number of para-hydroxylation sites is 3. The van der Waals surface area contributed by atoms with Crippen molar-refractivity contribution in [3.8, 4) is 0 Å². The van der Waals surface area contributed by atoms with Gasteiger partial charge in [0.05, 0.1) is 15.9 Å². The van der Waals surface area contributed by atoms with Crippen LogP contribution in [0, 0.1) is 0 Å². The number of imidazole rings is 1. The second-order valence-electron chi connectivity index (χ2n) is 8.84. The molecule has 6 nitrogen and oxygen atoms in total. The number of nitrogens with one attached hydrogen (secondary N) is 1. The molecule has 1 N–H and O–H groups in total. The average molecular weight is 489 g/mol. The lowest BCUT2D eigenvalue weighted by Crippen LogP contribution is -2.39. The van der Waals surface area contributed by atoms with E-state index in [-0.39, 0.29) is 24.4 Å². The minimum Gasteiger partial charge on any atom is -0.351 e. The average Bonchev–Trinajstić information content (AvgIpc) is 3.51. The zero-order valence-electron chi connectivity index (χ0n) is 20.3. The van der Waals surface area contributed by atoms with Crippen LogP contribution >= 0.6 is 11.3 Å². The van der Waals surface area contributed by atoms with Crippen molar-refractivity contribution in [3.05, 3.63) is 82.8 Å². The van der Waals surface area contributed by atoms with Gasteiger partial charge in [-0.25, -0.2) is 4.98 Å². The summed E-state index contributed by atoms with van der Waals surface area (Å²) >= 11 is 1.45. The number of nitrogens with zero attached hydrogens (tertiary/aromatic N) is 3. The number of fused-ring (bicyclic) bond motifs is 1. The van der Waals surface area contributed by atoms with Crippen molar-refractivity contribution in [1.29, 1.82) is 0 Å². The highest BCUT2D eigenvalue weighted by atomic mass is 32.1. The second kappa shape index (κ2) is 11.8. The molecule has 0 aliphatic heterocycles. The van der Waals surface area contributed by atoms with Gasteiger partial charge >= 0.3 is 0 Å². The summed E-state index contributed by atoms with van der Waals surface area (Å²) in [7, 11) is 0. The Labute approximate surface area is 210 Å². The molecule has 0 spiro atoms. The molecule has 4 rings (SSSR count). The summed E-state index contributed by atoms with van der Waals surface area (Å²) in [6, 6.07) is 21.6. The summed E-state index contributed by atoms with van der Waals surface area (Å²) in [6.45, 7) is 4.98. The normalized spacial score (nSPS) is 11.2. The molecule has 182 valence electrons. The number of hydrogen-bond acceptors (Lipinski definition) is 4. The van der Waals surface area contributed by atoms with Crippen molar-refractivity contribution < 1.29 is 9.59 Å². The largest absolute Gasteiger partial charge is 0.351 e. The van der Waals surface area contributed by atoms with E-state index in [0.29, 0.717) is 6.54 Å². The maximum Gasteiger partial charge on any atom is 0.261 e. The van der Waals surface area contributed by atoms with Crippen molar-refractivity contribution in [1.82, 2.24) is 14.9 Å². The summed E-state index contributed by atoms with van der Waals surface area (Å²) in [5, 5.41) is 4.89. The van der Waals surface area contributed by atoms with Crippen LogP contribution in [0.3, 0.4) is 0 Å². The van der Waals surface area contributed by atoms with Crippen LogP contribution in [0.4, 0.5) is 5.69 Å². The lowest BCUT2D eigenvalue weighted by molar-refractivity contribution is -0.119. The molecule has 0 fully saturated rings. The fraction of sp³-hybridized carbons (Fsp3) is 0.321. The van der Waals surface area contributed by atoms with Gasteiger partial charge in [-0.2, -0.15) is 0 Å². The Morgan fingerprint density at radius 3 is 2.49 bits per heavy atom. The first-order chi connectivity index (χ1) is 17.0. The van der Waals surface area contributed by atoms with Gasteiger partial charge in [-0.05, 0) is 62.4 Å². The van der Waals surface area contributed by atoms with Crippen molar-refractivity contribution in [2.45, 2.75) is 52.1 Å². The Bertz CT molecular complexity index is 1250. The number of unbranched alkanes of at least 4 members (excludes halogenated alkanes) is 2. The molecule has 0 aliphatic carbocycles. The van der Waals surface area contributed by atoms with E-state index in [1.165, 1.54) is 11.3 Å². The van der Waals surface area contributed by atoms with E-state index in [4.69, 9.17) is 4.98 Å². The third-order valence-electron chi connectivity index (χ3n) is 5.95. The van der Waals surface area contributed by atoms with Gasteiger partial charge in [0.2, 0.25) is 5.91 Å². The first kappa shape index (κ1) is 24.7. The van der Waals surface area contributed by atoms with E-state index in [0.717, 1.165) is 53.1 Å². The third-order valence-corrected chi connectivity index (χ3v) is 6.82. The lowest BCUT2D eigenvalue weighted by atomic mass is 10.2. The van der Waals surface area contributed by atoms with Crippen molar-refractivity contribution >= 4 is 39.9 Å². The number of thiophene rings is 1. The zero-order chi connectivity index (χ0) is 24.6. The molecule has 0 saturated carbocycles. The highest BCUT2D eigenvalue weighted by Gasteiger charge is 2.21. The Morgan fingerprint density at radius 1 is 0.971 bits per heavy atom. The van der Waals surface area contributed by atoms with Crippen LogP contribution < -0.4 is 10.2 Å². The van der Waals surface area contributed by atoms with E-state index in [1.54, 1.807) is 0 Å². The molecular weight excluding hydrogens is 456 g/mol. The summed E-state index contributed by atoms with van der Waals surface area (Å²) in [4.78, 5) is 33.0. The molecule has 0 atom stereocenters. The highest BCUT2D eigenvalue weighted by molar-refractivity contribution is 7.12. The van der Waals surface area contributed by atoms with Crippen LogP contribution in [-0.2, 0) is 17.8 Å².